The molecular weight excluding hydrogens is 643 g/mol. The van der Waals surface area contributed by atoms with E-state index >= 15 is 0 Å². The average molecular weight is 664 g/mol. The van der Waals surface area contributed by atoms with E-state index in [-0.39, 0.29) is 17.4 Å². The Morgan fingerprint density at radius 3 is 1.64 bits per heavy atom. The van der Waals surface area contributed by atoms with Gasteiger partial charge in [-0.2, -0.15) is 0 Å². The minimum atomic E-state index is -0.139. The van der Waals surface area contributed by atoms with E-state index < -0.39 is 0 Å². The zero-order valence-corrected chi connectivity index (χ0v) is 23.0. The van der Waals surface area contributed by atoms with Crippen LogP contribution >= 0.6 is 0 Å². The molecule has 1 aliphatic heterocycles. The van der Waals surface area contributed by atoms with Crippen LogP contribution < -0.4 is 4.74 Å². The van der Waals surface area contributed by atoms with Gasteiger partial charge in [0.2, 0.25) is 0 Å². The van der Waals surface area contributed by atoms with E-state index in [2.05, 4.69) is 36.4 Å². The molecule has 0 atom stereocenters. The van der Waals surface area contributed by atoms with E-state index in [0.717, 1.165) is 49.7 Å². The monoisotopic (exact) mass is 664 g/mol. The summed E-state index contributed by atoms with van der Waals surface area (Å²) in [5, 5.41) is 27.1. The Morgan fingerprint density at radius 2 is 1.06 bits per heavy atom. The van der Waals surface area contributed by atoms with Crippen LogP contribution in [-0.4, -0.2) is 34.8 Å². The molecule has 0 fully saturated rings. The molecule has 6 aromatic carbocycles. The van der Waals surface area contributed by atoms with Gasteiger partial charge in [0.25, 0.3) is 0 Å². The number of hydrogen-bond acceptors (Lipinski definition) is 3. The number of nitrogens with zero attached hydrogens (tertiary/aromatic N) is 1. The predicted octanol–water partition coefficient (Wildman–Crippen LogP) is 7.48. The number of benzene rings is 6. The first-order valence-corrected chi connectivity index (χ1v) is 13.3. The normalized spacial score (nSPS) is 12.4. The molecule has 0 spiro atoms. The summed E-state index contributed by atoms with van der Waals surface area (Å²) in [6, 6.07) is 33.9. The van der Waals surface area contributed by atoms with Gasteiger partial charge >= 0.3 is 27.8 Å². The topological polar surface area (TPSA) is 72.0 Å². The quantitative estimate of drug-likeness (QED) is 0.179. The Labute approximate surface area is 223 Å². The summed E-state index contributed by atoms with van der Waals surface area (Å²) in [5.74, 6) is 1.87. The number of phenolic OH excluding ortho intramolecular Hbond substituents is 2. The van der Waals surface area contributed by atoms with Gasteiger partial charge in [-0.25, -0.2) is 0 Å². The SMILES string of the molecule is Oc1ccc2ccc3c(c2c1)C(c1ccc2ccccc2c1)c1c(ccc2ccc(O)cc12)O3.[N-]=[BiH]. The average Bonchev–Trinajstić information content (AvgIpc) is 2.92. The molecule has 174 valence electrons. The number of hydrogen-bond donors (Lipinski definition) is 2. The zero-order chi connectivity index (χ0) is 24.8. The zero-order valence-electron chi connectivity index (χ0n) is 19.1. The van der Waals surface area contributed by atoms with Crippen molar-refractivity contribution in [1.29, 1.82) is 0 Å². The van der Waals surface area contributed by atoms with Gasteiger partial charge in [0.1, 0.15) is 23.0 Å². The molecule has 0 aliphatic carbocycles. The summed E-state index contributed by atoms with van der Waals surface area (Å²) >= 11 is 0.306. The van der Waals surface area contributed by atoms with E-state index in [1.165, 1.54) is 10.8 Å². The summed E-state index contributed by atoms with van der Waals surface area (Å²) in [5.41, 5.74) is 3.18. The Balaban J connectivity index is 0.00000117. The van der Waals surface area contributed by atoms with Crippen LogP contribution in [0.25, 0.3) is 35.6 Å². The van der Waals surface area contributed by atoms with Crippen molar-refractivity contribution in [2.45, 2.75) is 5.92 Å². The molecule has 2 N–H and O–H groups in total. The van der Waals surface area contributed by atoms with Crippen LogP contribution in [0.3, 0.4) is 0 Å². The molecule has 4 nitrogen and oxygen atoms in total. The number of aromatic hydroxyl groups is 2. The van der Waals surface area contributed by atoms with Crippen LogP contribution in [0.15, 0.2) is 103 Å². The first kappa shape index (κ1) is 22.6. The molecule has 1 heterocycles. The van der Waals surface area contributed by atoms with E-state index in [9.17, 15) is 10.2 Å². The Kier molecular flexibility index (Phi) is 5.66. The standard InChI is InChI=1S/C31H20O3.Bi.N.H/c32-23-11-7-19-9-13-27-30(25(19)16-23)29(22-6-5-18-3-1-2-4-21(18)15-22)31-26-17-24(33)12-8-20(26)10-14-28(31)34-27;;;/h1-17,29,32-33H;;;/q;;-1;. The fourth-order valence-corrected chi connectivity index (χ4v) is 5.38. The van der Waals surface area contributed by atoms with E-state index in [0.29, 0.717) is 24.6 Å². The van der Waals surface area contributed by atoms with Gasteiger partial charge in [-0.05, 0) is 74.3 Å². The van der Waals surface area contributed by atoms with Crippen molar-refractivity contribution >= 4 is 56.9 Å². The Morgan fingerprint density at radius 1 is 0.556 bits per heavy atom. The first-order chi connectivity index (χ1) is 17.7. The summed E-state index contributed by atoms with van der Waals surface area (Å²) in [7, 11) is 0. The van der Waals surface area contributed by atoms with Crippen LogP contribution in [0.1, 0.15) is 22.6 Å². The summed E-state index contributed by atoms with van der Waals surface area (Å²) in [6.45, 7) is 0. The van der Waals surface area contributed by atoms with Crippen molar-refractivity contribution in [3.63, 3.8) is 0 Å². The number of rotatable bonds is 1. The third kappa shape index (κ3) is 3.63. The first-order valence-electron chi connectivity index (χ1n) is 11.6. The molecule has 0 amide bonds. The molecule has 6 aromatic rings. The summed E-state index contributed by atoms with van der Waals surface area (Å²) in [6.07, 6.45) is 0. The van der Waals surface area contributed by atoms with Gasteiger partial charge in [0.05, 0.1) is 0 Å². The fourth-order valence-electron chi connectivity index (χ4n) is 5.38. The van der Waals surface area contributed by atoms with Crippen molar-refractivity contribution in [3.8, 4) is 23.0 Å². The molecular formula is C31H21BiNO3-. The third-order valence-corrected chi connectivity index (χ3v) is 6.92. The van der Waals surface area contributed by atoms with Crippen molar-refractivity contribution in [2.24, 2.45) is 0 Å². The van der Waals surface area contributed by atoms with Crippen molar-refractivity contribution in [2.75, 3.05) is 0 Å². The van der Waals surface area contributed by atoms with Gasteiger partial charge in [0.15, 0.2) is 0 Å². The van der Waals surface area contributed by atoms with E-state index in [4.69, 9.17) is 8.03 Å². The molecule has 7 rings (SSSR count). The van der Waals surface area contributed by atoms with Crippen LogP contribution in [0.4, 0.5) is 0 Å². The minimum absolute atomic E-state index is 0.139. The second-order valence-electron chi connectivity index (χ2n) is 8.91. The predicted molar refractivity (Wildman–Crippen MR) is 147 cm³/mol. The second kappa shape index (κ2) is 9.00. The molecule has 0 aromatic heterocycles. The molecule has 5 heteroatoms. The van der Waals surface area contributed by atoms with Gasteiger partial charge < -0.3 is 14.9 Å². The Bertz CT molecular complexity index is 1710. The van der Waals surface area contributed by atoms with Gasteiger partial charge in [-0.3, -0.25) is 0 Å². The molecule has 1 aliphatic rings. The van der Waals surface area contributed by atoms with Crippen LogP contribution in [0.2, 0.25) is 0 Å². The second-order valence-corrected chi connectivity index (χ2v) is 8.91. The Hall–Kier alpha value is -3.82. The summed E-state index contributed by atoms with van der Waals surface area (Å²) < 4.78 is 13.6. The molecule has 0 saturated carbocycles. The summed E-state index contributed by atoms with van der Waals surface area (Å²) in [4.78, 5) is 0. The molecule has 36 heavy (non-hydrogen) atoms. The van der Waals surface area contributed by atoms with Crippen LogP contribution in [-0.2, 0) is 0 Å². The maximum atomic E-state index is 10.4. The molecule has 0 unspecified atom stereocenters. The maximum absolute atomic E-state index is 10.4. The van der Waals surface area contributed by atoms with E-state index in [1.54, 1.807) is 12.1 Å². The molecule has 0 radical (unpaired) electrons. The van der Waals surface area contributed by atoms with Crippen LogP contribution in [0, 0.1) is 0 Å². The van der Waals surface area contributed by atoms with Crippen molar-refractivity contribution < 1.29 is 14.9 Å². The fraction of sp³-hybridized carbons (Fsp3) is 0.0323. The van der Waals surface area contributed by atoms with E-state index in [1.807, 2.05) is 54.6 Å². The molecule has 0 saturated heterocycles. The number of ether oxygens (including phenoxy) is 1. The molecule has 0 bridgehead atoms. The van der Waals surface area contributed by atoms with Gasteiger partial charge in [0, 0.05) is 17.0 Å². The van der Waals surface area contributed by atoms with Crippen molar-refractivity contribution in [3.05, 3.63) is 123 Å². The number of fused-ring (bicyclic) bond motifs is 7. The van der Waals surface area contributed by atoms with Crippen LogP contribution in [0.5, 0.6) is 23.0 Å². The van der Waals surface area contributed by atoms with Gasteiger partial charge in [-0.1, -0.05) is 66.7 Å². The number of phenols is 2. The third-order valence-electron chi connectivity index (χ3n) is 6.92. The van der Waals surface area contributed by atoms with Crippen molar-refractivity contribution in [1.82, 2.24) is 0 Å². The van der Waals surface area contributed by atoms with Gasteiger partial charge in [-0.15, -0.1) is 0 Å².